The van der Waals surface area contributed by atoms with Gasteiger partial charge in [0, 0.05) is 11.8 Å². The first kappa shape index (κ1) is 19.0. The first-order valence-corrected chi connectivity index (χ1v) is 11.5. The summed E-state index contributed by atoms with van der Waals surface area (Å²) in [6.07, 6.45) is 0.536. The molecule has 1 amide bonds. The normalized spacial score (nSPS) is 18.8. The van der Waals surface area contributed by atoms with Gasteiger partial charge < -0.3 is 5.32 Å². The predicted molar refractivity (Wildman–Crippen MR) is 105 cm³/mol. The minimum atomic E-state index is -3.01. The maximum absolute atomic E-state index is 12.3. The van der Waals surface area contributed by atoms with Crippen LogP contribution in [0.1, 0.15) is 29.3 Å². The second kappa shape index (κ2) is 7.84. The quantitative estimate of drug-likeness (QED) is 0.816. The number of hydrogen-bond acceptors (Lipinski definition) is 5. The molecule has 2 heterocycles. The van der Waals surface area contributed by atoms with E-state index in [0.717, 1.165) is 11.4 Å². The monoisotopic (exact) mass is 393 g/mol. The van der Waals surface area contributed by atoms with Crippen molar-refractivity contribution < 1.29 is 13.2 Å². The standard InChI is InChI=1S/C18H23N3O3S2/c1-13-3-5-15(6-4-13)10-25-11-18(22)19-17-9-14(2)20-21(17)16-7-8-26(23,24)12-16/h3-6,9,16H,7-8,10-12H2,1-2H3,(H,19,22). The van der Waals surface area contributed by atoms with Crippen LogP contribution >= 0.6 is 11.8 Å². The summed E-state index contributed by atoms with van der Waals surface area (Å²) in [6, 6.07) is 9.84. The van der Waals surface area contributed by atoms with Crippen LogP contribution in [0.2, 0.25) is 0 Å². The van der Waals surface area contributed by atoms with Crippen LogP contribution in [0.4, 0.5) is 5.82 Å². The lowest BCUT2D eigenvalue weighted by Gasteiger charge is -2.13. The number of nitrogens with zero attached hydrogens (tertiary/aromatic N) is 2. The van der Waals surface area contributed by atoms with Crippen molar-refractivity contribution in [3.63, 3.8) is 0 Å². The summed E-state index contributed by atoms with van der Waals surface area (Å²) >= 11 is 1.55. The van der Waals surface area contributed by atoms with Gasteiger partial charge in [-0.2, -0.15) is 5.10 Å². The molecule has 8 heteroatoms. The van der Waals surface area contributed by atoms with E-state index < -0.39 is 9.84 Å². The fourth-order valence-electron chi connectivity index (χ4n) is 2.98. The van der Waals surface area contributed by atoms with Gasteiger partial charge in [-0.15, -0.1) is 11.8 Å². The number of sulfone groups is 1. The molecule has 1 N–H and O–H groups in total. The first-order chi connectivity index (χ1) is 12.3. The van der Waals surface area contributed by atoms with Gasteiger partial charge in [0.05, 0.1) is 29.0 Å². The highest BCUT2D eigenvalue weighted by molar-refractivity contribution is 7.99. The van der Waals surface area contributed by atoms with E-state index in [-0.39, 0.29) is 23.5 Å². The van der Waals surface area contributed by atoms with E-state index in [1.54, 1.807) is 22.5 Å². The number of nitrogens with one attached hydrogen (secondary N) is 1. The van der Waals surface area contributed by atoms with Crippen molar-refractivity contribution in [3.05, 3.63) is 47.2 Å². The Morgan fingerprint density at radius 1 is 1.31 bits per heavy atom. The summed E-state index contributed by atoms with van der Waals surface area (Å²) in [5, 5.41) is 7.25. The Balaban J connectivity index is 1.57. The zero-order chi connectivity index (χ0) is 18.7. The number of rotatable bonds is 6. The lowest BCUT2D eigenvalue weighted by Crippen LogP contribution is -2.20. The molecule has 0 spiro atoms. The number of carbonyl (C=O) groups is 1. The summed E-state index contributed by atoms with van der Waals surface area (Å²) in [4.78, 5) is 12.3. The molecule has 1 aromatic carbocycles. The fourth-order valence-corrected chi connectivity index (χ4v) is 5.46. The molecule has 1 fully saturated rings. The van der Waals surface area contributed by atoms with Gasteiger partial charge in [0.2, 0.25) is 5.91 Å². The van der Waals surface area contributed by atoms with Crippen molar-refractivity contribution >= 4 is 33.3 Å². The molecule has 1 aromatic heterocycles. The molecular weight excluding hydrogens is 370 g/mol. The minimum Gasteiger partial charge on any atom is -0.310 e. The Labute approximate surface area is 158 Å². The van der Waals surface area contributed by atoms with Gasteiger partial charge in [0.25, 0.3) is 0 Å². The number of benzene rings is 1. The van der Waals surface area contributed by atoms with Gasteiger partial charge in [-0.25, -0.2) is 13.1 Å². The number of thioether (sulfide) groups is 1. The number of carbonyl (C=O) groups excluding carboxylic acids is 1. The van der Waals surface area contributed by atoms with Gasteiger partial charge in [-0.1, -0.05) is 29.8 Å². The predicted octanol–water partition coefficient (Wildman–Crippen LogP) is 2.73. The maximum atomic E-state index is 12.3. The van der Waals surface area contributed by atoms with Crippen molar-refractivity contribution in [2.45, 2.75) is 32.1 Å². The Morgan fingerprint density at radius 3 is 2.69 bits per heavy atom. The van der Waals surface area contributed by atoms with E-state index in [9.17, 15) is 13.2 Å². The number of amides is 1. The average Bonchev–Trinajstić information content (AvgIpc) is 3.11. The number of hydrogen-bond donors (Lipinski definition) is 1. The van der Waals surface area contributed by atoms with E-state index in [0.29, 0.717) is 18.0 Å². The molecule has 26 heavy (non-hydrogen) atoms. The van der Waals surface area contributed by atoms with Crippen molar-refractivity contribution in [2.24, 2.45) is 0 Å². The fraction of sp³-hybridized carbons (Fsp3) is 0.444. The van der Waals surface area contributed by atoms with E-state index in [4.69, 9.17) is 0 Å². The molecule has 1 saturated heterocycles. The number of anilines is 1. The minimum absolute atomic E-state index is 0.0825. The highest BCUT2D eigenvalue weighted by Gasteiger charge is 2.31. The van der Waals surface area contributed by atoms with Crippen LogP contribution in [0.25, 0.3) is 0 Å². The van der Waals surface area contributed by atoms with Gasteiger partial charge >= 0.3 is 0 Å². The summed E-state index contributed by atoms with van der Waals surface area (Å²) in [6.45, 7) is 3.88. The molecule has 1 unspecified atom stereocenters. The van der Waals surface area contributed by atoms with Crippen LogP contribution in [-0.2, 0) is 20.4 Å². The highest BCUT2D eigenvalue weighted by Crippen LogP contribution is 2.27. The molecule has 1 aliphatic heterocycles. The molecule has 3 rings (SSSR count). The molecule has 0 aliphatic carbocycles. The third-order valence-corrected chi connectivity index (χ3v) is 7.06. The molecule has 0 radical (unpaired) electrons. The van der Waals surface area contributed by atoms with Crippen LogP contribution in [0.15, 0.2) is 30.3 Å². The molecule has 1 aliphatic rings. The van der Waals surface area contributed by atoms with E-state index in [1.165, 1.54) is 11.1 Å². The molecule has 1 atom stereocenters. The number of aryl methyl sites for hydroxylation is 2. The Kier molecular flexibility index (Phi) is 5.72. The Bertz CT molecular complexity index is 889. The van der Waals surface area contributed by atoms with Crippen molar-refractivity contribution in [3.8, 4) is 0 Å². The van der Waals surface area contributed by atoms with Crippen molar-refractivity contribution in [1.29, 1.82) is 0 Å². The Morgan fingerprint density at radius 2 is 2.04 bits per heavy atom. The maximum Gasteiger partial charge on any atom is 0.235 e. The largest absolute Gasteiger partial charge is 0.310 e. The summed E-state index contributed by atoms with van der Waals surface area (Å²) in [5.74, 6) is 1.83. The van der Waals surface area contributed by atoms with E-state index in [2.05, 4.69) is 34.7 Å². The van der Waals surface area contributed by atoms with E-state index in [1.807, 2.05) is 13.8 Å². The zero-order valence-electron chi connectivity index (χ0n) is 14.9. The van der Waals surface area contributed by atoms with E-state index >= 15 is 0 Å². The molecule has 0 bridgehead atoms. The molecule has 2 aromatic rings. The SMILES string of the molecule is Cc1ccc(CSCC(=O)Nc2cc(C)nn2C2CCS(=O)(=O)C2)cc1. The summed E-state index contributed by atoms with van der Waals surface area (Å²) in [5.41, 5.74) is 3.16. The van der Waals surface area contributed by atoms with Crippen LogP contribution in [0.5, 0.6) is 0 Å². The zero-order valence-corrected chi connectivity index (χ0v) is 16.6. The van der Waals surface area contributed by atoms with Gasteiger partial charge in [-0.3, -0.25) is 4.79 Å². The summed E-state index contributed by atoms with van der Waals surface area (Å²) < 4.78 is 25.1. The summed E-state index contributed by atoms with van der Waals surface area (Å²) in [7, 11) is -3.01. The lowest BCUT2D eigenvalue weighted by molar-refractivity contribution is -0.113. The smallest absolute Gasteiger partial charge is 0.235 e. The number of aromatic nitrogens is 2. The second-order valence-electron chi connectivity index (χ2n) is 6.70. The third kappa shape index (κ3) is 4.88. The first-order valence-electron chi connectivity index (χ1n) is 8.52. The van der Waals surface area contributed by atoms with Crippen molar-refractivity contribution in [1.82, 2.24) is 9.78 Å². The molecular formula is C18H23N3O3S2. The van der Waals surface area contributed by atoms with Crippen molar-refractivity contribution in [2.75, 3.05) is 22.6 Å². The molecule has 140 valence electrons. The van der Waals surface area contributed by atoms with Gasteiger partial charge in [0.15, 0.2) is 9.84 Å². The Hall–Kier alpha value is -1.80. The topological polar surface area (TPSA) is 81.1 Å². The van der Waals surface area contributed by atoms with Crippen LogP contribution < -0.4 is 5.32 Å². The van der Waals surface area contributed by atoms with Gasteiger partial charge in [-0.05, 0) is 25.8 Å². The molecule has 6 nitrogen and oxygen atoms in total. The second-order valence-corrected chi connectivity index (χ2v) is 9.91. The average molecular weight is 394 g/mol. The van der Waals surface area contributed by atoms with Crippen LogP contribution in [0, 0.1) is 13.8 Å². The molecule has 0 saturated carbocycles. The highest BCUT2D eigenvalue weighted by atomic mass is 32.2. The van der Waals surface area contributed by atoms with Gasteiger partial charge in [0.1, 0.15) is 5.82 Å². The third-order valence-electron chi connectivity index (χ3n) is 4.30. The van der Waals surface area contributed by atoms with Crippen LogP contribution in [0.3, 0.4) is 0 Å². The lowest BCUT2D eigenvalue weighted by atomic mass is 10.2. The van der Waals surface area contributed by atoms with Crippen LogP contribution in [-0.4, -0.2) is 41.4 Å².